The zero-order valence-corrected chi connectivity index (χ0v) is 12.7. The van der Waals surface area contributed by atoms with Crippen LogP contribution in [-0.2, 0) is 15.7 Å². The zero-order valence-electron chi connectivity index (χ0n) is 11.1. The fourth-order valence-electron chi connectivity index (χ4n) is 2.02. The smallest absolute Gasteiger partial charge is 0.379 e. The Morgan fingerprint density at radius 3 is 2.71 bits per heavy atom. The Kier molecular flexibility index (Phi) is 4.32. The maximum absolute atomic E-state index is 12.8. The zero-order chi connectivity index (χ0) is 15.8. The molecule has 21 heavy (non-hydrogen) atoms. The van der Waals surface area contributed by atoms with Crippen molar-refractivity contribution in [2.75, 3.05) is 18.5 Å². The predicted molar refractivity (Wildman–Crippen MR) is 74.7 cm³/mol. The summed E-state index contributed by atoms with van der Waals surface area (Å²) in [4.78, 5) is 12.2. The van der Waals surface area contributed by atoms with E-state index in [1.165, 1.54) is 12.1 Å². The molecule has 1 heterocycles. The summed E-state index contributed by atoms with van der Waals surface area (Å²) in [5.41, 5.74) is 4.08. The molecule has 4 nitrogen and oxygen atoms in total. The quantitative estimate of drug-likeness (QED) is 0.845. The fraction of sp³-hybridized carbons (Fsp3) is 0.462. The van der Waals surface area contributed by atoms with Gasteiger partial charge in [0.15, 0.2) is 0 Å². The number of hydrogen-bond donors (Lipinski definition) is 2. The number of nitrogens with two attached hydrogens (primary N) is 1. The lowest BCUT2D eigenvalue weighted by Crippen LogP contribution is -2.47. The summed E-state index contributed by atoms with van der Waals surface area (Å²) in [5.74, 6) is -0.456. The Hall–Kier alpha value is -1.12. The number of hydrogen-bond acceptors (Lipinski definition) is 3. The highest BCUT2D eigenvalue weighted by Crippen LogP contribution is 2.37. The molecular weight excluding hydrogens is 353 g/mol. The molecule has 8 heteroatoms. The normalized spacial score (nSPS) is 25.9. The summed E-state index contributed by atoms with van der Waals surface area (Å²) < 4.78 is 43.5. The van der Waals surface area contributed by atoms with Gasteiger partial charge in [-0.05, 0) is 25.1 Å². The topological polar surface area (TPSA) is 64.3 Å². The molecule has 1 aliphatic rings. The molecule has 0 spiro atoms. The highest BCUT2D eigenvalue weighted by molar-refractivity contribution is 9.10. The number of nitrogens with one attached hydrogen (secondary N) is 1. The lowest BCUT2D eigenvalue weighted by molar-refractivity contribution is -0.138. The summed E-state index contributed by atoms with van der Waals surface area (Å²) in [7, 11) is 0. The number of carbonyl (C=O) groups is 1. The molecule has 1 aliphatic heterocycles. The standard InChI is InChI=1S/C13H14BrF3N2O2/c1-12(6-21-5-10(12)18)11(20)19-7-2-3-9(14)8(4-7)13(15,16)17/h2-4,10H,5-6,18H2,1H3,(H,19,20). The maximum atomic E-state index is 12.8. The van der Waals surface area contributed by atoms with Crippen LogP contribution in [-0.4, -0.2) is 25.2 Å². The van der Waals surface area contributed by atoms with Crippen molar-refractivity contribution in [3.8, 4) is 0 Å². The van der Waals surface area contributed by atoms with Crippen LogP contribution in [0.2, 0.25) is 0 Å². The Morgan fingerprint density at radius 1 is 1.52 bits per heavy atom. The van der Waals surface area contributed by atoms with Gasteiger partial charge in [0.1, 0.15) is 0 Å². The SMILES string of the molecule is CC1(C(=O)Nc2ccc(Br)c(C(F)(F)F)c2)COCC1N. The minimum Gasteiger partial charge on any atom is -0.379 e. The highest BCUT2D eigenvalue weighted by atomic mass is 79.9. The second-order valence-electron chi connectivity index (χ2n) is 5.19. The number of benzene rings is 1. The Bertz CT molecular complexity index is 565. The molecule has 0 saturated carbocycles. The lowest BCUT2D eigenvalue weighted by atomic mass is 9.85. The Balaban J connectivity index is 2.23. The lowest BCUT2D eigenvalue weighted by Gasteiger charge is -2.25. The second kappa shape index (κ2) is 5.58. The van der Waals surface area contributed by atoms with Gasteiger partial charge in [0.05, 0.1) is 24.2 Å². The molecular formula is C13H14BrF3N2O2. The first-order chi connectivity index (χ1) is 9.64. The first-order valence-electron chi connectivity index (χ1n) is 6.16. The van der Waals surface area contributed by atoms with E-state index in [4.69, 9.17) is 10.5 Å². The van der Waals surface area contributed by atoms with Gasteiger partial charge in [-0.3, -0.25) is 4.79 Å². The van der Waals surface area contributed by atoms with E-state index in [1.807, 2.05) is 0 Å². The van der Waals surface area contributed by atoms with Gasteiger partial charge in [0, 0.05) is 16.2 Å². The maximum Gasteiger partial charge on any atom is 0.417 e. The molecule has 1 saturated heterocycles. The average molecular weight is 367 g/mol. The molecule has 1 aromatic carbocycles. The van der Waals surface area contributed by atoms with Gasteiger partial charge in [0.2, 0.25) is 5.91 Å². The summed E-state index contributed by atoms with van der Waals surface area (Å²) in [6, 6.07) is 3.02. The fourth-order valence-corrected chi connectivity index (χ4v) is 2.49. The number of rotatable bonds is 2. The molecule has 0 bridgehead atoms. The van der Waals surface area contributed by atoms with E-state index in [1.54, 1.807) is 6.92 Å². The third kappa shape index (κ3) is 3.22. The Labute approximate surface area is 128 Å². The molecule has 2 rings (SSSR count). The van der Waals surface area contributed by atoms with Crippen LogP contribution in [0.3, 0.4) is 0 Å². The van der Waals surface area contributed by atoms with E-state index in [-0.39, 0.29) is 23.4 Å². The molecule has 1 fully saturated rings. The van der Waals surface area contributed by atoms with E-state index in [9.17, 15) is 18.0 Å². The van der Waals surface area contributed by atoms with Gasteiger partial charge in [-0.2, -0.15) is 13.2 Å². The van der Waals surface area contributed by atoms with Crippen LogP contribution in [0.1, 0.15) is 12.5 Å². The van der Waals surface area contributed by atoms with Gasteiger partial charge in [-0.15, -0.1) is 0 Å². The number of halogens is 4. The minimum absolute atomic E-state index is 0.0656. The number of anilines is 1. The van der Waals surface area contributed by atoms with Crippen LogP contribution < -0.4 is 11.1 Å². The largest absolute Gasteiger partial charge is 0.417 e. The molecule has 0 aliphatic carbocycles. The van der Waals surface area contributed by atoms with Crippen molar-refractivity contribution < 1.29 is 22.7 Å². The molecule has 0 radical (unpaired) electrons. The van der Waals surface area contributed by atoms with Crippen molar-refractivity contribution in [1.82, 2.24) is 0 Å². The number of alkyl halides is 3. The summed E-state index contributed by atoms with van der Waals surface area (Å²) >= 11 is 2.85. The van der Waals surface area contributed by atoms with Gasteiger partial charge < -0.3 is 15.8 Å². The van der Waals surface area contributed by atoms with Crippen molar-refractivity contribution in [3.05, 3.63) is 28.2 Å². The van der Waals surface area contributed by atoms with Gasteiger partial charge in [0.25, 0.3) is 0 Å². The van der Waals surface area contributed by atoms with E-state index in [2.05, 4.69) is 21.2 Å². The first kappa shape index (κ1) is 16.3. The van der Waals surface area contributed by atoms with E-state index >= 15 is 0 Å². The van der Waals surface area contributed by atoms with Crippen molar-refractivity contribution >= 4 is 27.5 Å². The van der Waals surface area contributed by atoms with Crippen molar-refractivity contribution in [2.24, 2.45) is 11.1 Å². The van der Waals surface area contributed by atoms with E-state index in [0.29, 0.717) is 0 Å². The molecule has 1 amide bonds. The van der Waals surface area contributed by atoms with Crippen LogP contribution in [0.15, 0.2) is 22.7 Å². The molecule has 2 unspecified atom stereocenters. The monoisotopic (exact) mass is 366 g/mol. The third-order valence-electron chi connectivity index (χ3n) is 3.57. The van der Waals surface area contributed by atoms with Crippen molar-refractivity contribution in [1.29, 1.82) is 0 Å². The number of amides is 1. The van der Waals surface area contributed by atoms with Crippen LogP contribution in [0.4, 0.5) is 18.9 Å². The van der Waals surface area contributed by atoms with Crippen LogP contribution >= 0.6 is 15.9 Å². The Morgan fingerprint density at radius 2 is 2.19 bits per heavy atom. The predicted octanol–water partition coefficient (Wildman–Crippen LogP) is 2.77. The summed E-state index contributed by atoms with van der Waals surface area (Å²) in [6.45, 7) is 2.02. The number of carbonyl (C=O) groups excluding carboxylic acids is 1. The average Bonchev–Trinajstić information content (AvgIpc) is 2.72. The molecule has 116 valence electrons. The summed E-state index contributed by atoms with van der Waals surface area (Å²) in [5, 5.41) is 2.47. The van der Waals surface area contributed by atoms with E-state index < -0.39 is 29.1 Å². The molecule has 2 atom stereocenters. The highest BCUT2D eigenvalue weighted by Gasteiger charge is 2.44. The van der Waals surface area contributed by atoms with Crippen molar-refractivity contribution in [2.45, 2.75) is 19.1 Å². The van der Waals surface area contributed by atoms with Crippen LogP contribution in [0, 0.1) is 5.41 Å². The molecule has 1 aromatic rings. The van der Waals surface area contributed by atoms with Gasteiger partial charge in [-0.25, -0.2) is 0 Å². The van der Waals surface area contributed by atoms with E-state index in [0.717, 1.165) is 6.07 Å². The molecule has 3 N–H and O–H groups in total. The van der Waals surface area contributed by atoms with Gasteiger partial charge >= 0.3 is 6.18 Å². The second-order valence-corrected chi connectivity index (χ2v) is 6.04. The van der Waals surface area contributed by atoms with Crippen LogP contribution in [0.5, 0.6) is 0 Å². The van der Waals surface area contributed by atoms with Crippen molar-refractivity contribution in [3.63, 3.8) is 0 Å². The van der Waals surface area contributed by atoms with Gasteiger partial charge in [-0.1, -0.05) is 15.9 Å². The first-order valence-corrected chi connectivity index (χ1v) is 6.95. The molecule has 0 aromatic heterocycles. The third-order valence-corrected chi connectivity index (χ3v) is 4.26. The minimum atomic E-state index is -4.50. The van der Waals surface area contributed by atoms with Crippen LogP contribution in [0.25, 0.3) is 0 Å². The number of ether oxygens (including phenoxy) is 1. The summed E-state index contributed by atoms with van der Waals surface area (Å²) in [6.07, 6.45) is -4.50.